The first-order chi connectivity index (χ1) is 9.22. The summed E-state index contributed by atoms with van der Waals surface area (Å²) in [4.78, 5) is 13.1. The molecule has 1 N–H and O–H groups in total. The maximum absolute atomic E-state index is 12.0. The molecule has 0 atom stereocenters. The molecule has 0 aromatic carbocycles. The summed E-state index contributed by atoms with van der Waals surface area (Å²) in [5.74, 6) is 1.63. The number of hydrogen-bond acceptors (Lipinski definition) is 3. The lowest BCUT2D eigenvalue weighted by Crippen LogP contribution is -2.18. The summed E-state index contributed by atoms with van der Waals surface area (Å²) in [7, 11) is 0. The predicted molar refractivity (Wildman–Crippen MR) is 76.3 cm³/mol. The van der Waals surface area contributed by atoms with Crippen molar-refractivity contribution in [2.45, 2.75) is 32.7 Å². The van der Waals surface area contributed by atoms with Crippen molar-refractivity contribution in [3.63, 3.8) is 0 Å². The van der Waals surface area contributed by atoms with Gasteiger partial charge in [0.05, 0.1) is 12.6 Å². The second-order valence-electron chi connectivity index (χ2n) is 5.11. The van der Waals surface area contributed by atoms with Gasteiger partial charge in [0.25, 0.3) is 0 Å². The van der Waals surface area contributed by atoms with Crippen LogP contribution in [0, 0.1) is 12.8 Å². The molecule has 1 fully saturated rings. The topological polar surface area (TPSA) is 46.9 Å². The Morgan fingerprint density at radius 1 is 1.58 bits per heavy atom. The molecule has 0 aliphatic heterocycles. The number of hydrogen-bond donors (Lipinski definition) is 1. The molecule has 0 bridgehead atoms. The van der Waals surface area contributed by atoms with Crippen LogP contribution in [0.4, 0.5) is 5.82 Å². The molecule has 4 nitrogen and oxygen atoms in total. The molecular weight excluding hydrogens is 258 g/mol. The van der Waals surface area contributed by atoms with Crippen molar-refractivity contribution in [2.24, 2.45) is 5.92 Å². The van der Waals surface area contributed by atoms with Gasteiger partial charge in [-0.1, -0.05) is 6.07 Å². The number of carbonyl (C=O) groups is 1. The van der Waals surface area contributed by atoms with E-state index in [2.05, 4.69) is 10.4 Å². The first-order valence-electron chi connectivity index (χ1n) is 6.57. The molecular formula is C14H17N3OS. The van der Waals surface area contributed by atoms with Crippen LogP contribution in [0.2, 0.25) is 0 Å². The van der Waals surface area contributed by atoms with Gasteiger partial charge in [0, 0.05) is 17.0 Å². The van der Waals surface area contributed by atoms with E-state index in [1.165, 1.54) is 12.8 Å². The molecule has 0 radical (unpaired) electrons. The highest BCUT2D eigenvalue weighted by atomic mass is 32.1. The van der Waals surface area contributed by atoms with Gasteiger partial charge in [0.1, 0.15) is 5.82 Å². The first kappa shape index (κ1) is 12.4. The van der Waals surface area contributed by atoms with Gasteiger partial charge in [0.15, 0.2) is 0 Å². The maximum Gasteiger partial charge on any atom is 0.230 e. The van der Waals surface area contributed by atoms with E-state index in [1.54, 1.807) is 11.3 Å². The van der Waals surface area contributed by atoms with Gasteiger partial charge in [-0.15, -0.1) is 11.3 Å². The quantitative estimate of drug-likeness (QED) is 0.912. The fourth-order valence-electron chi connectivity index (χ4n) is 2.07. The van der Waals surface area contributed by atoms with Gasteiger partial charge in [-0.05, 0) is 37.1 Å². The number of nitrogens with one attached hydrogen (secondary N) is 1. The van der Waals surface area contributed by atoms with Crippen molar-refractivity contribution in [1.29, 1.82) is 0 Å². The lowest BCUT2D eigenvalue weighted by atomic mass is 10.3. The highest BCUT2D eigenvalue weighted by Crippen LogP contribution is 2.31. The molecule has 0 unspecified atom stereocenters. The van der Waals surface area contributed by atoms with Crippen molar-refractivity contribution >= 4 is 23.1 Å². The number of nitrogens with zero attached hydrogens (tertiary/aromatic N) is 2. The smallest absolute Gasteiger partial charge is 0.230 e. The molecule has 5 heteroatoms. The minimum absolute atomic E-state index is 0.0306. The molecule has 2 aromatic rings. The van der Waals surface area contributed by atoms with Crippen molar-refractivity contribution < 1.29 is 4.79 Å². The molecule has 100 valence electrons. The van der Waals surface area contributed by atoms with Crippen molar-refractivity contribution in [3.8, 4) is 0 Å². The summed E-state index contributed by atoms with van der Waals surface area (Å²) in [6.45, 7) is 2.90. The SMILES string of the molecule is Cc1cnn(CC2CC2)c1NC(=O)Cc1cccs1. The third-order valence-corrected chi connectivity index (χ3v) is 4.20. The molecule has 1 aliphatic carbocycles. The standard InChI is InChI=1S/C14H17N3OS/c1-10-8-15-17(9-11-4-5-11)14(10)16-13(18)7-12-3-2-6-19-12/h2-3,6,8,11H,4-5,7,9H2,1H3,(H,16,18). The van der Waals surface area contributed by atoms with E-state index in [1.807, 2.05) is 35.3 Å². The summed E-state index contributed by atoms with van der Waals surface area (Å²) >= 11 is 1.61. The summed E-state index contributed by atoms with van der Waals surface area (Å²) in [6, 6.07) is 3.95. The lowest BCUT2D eigenvalue weighted by Gasteiger charge is -2.09. The Balaban J connectivity index is 1.67. The van der Waals surface area contributed by atoms with E-state index in [0.717, 1.165) is 28.7 Å². The fourth-order valence-corrected chi connectivity index (χ4v) is 2.78. The highest BCUT2D eigenvalue weighted by molar-refractivity contribution is 7.10. The van der Waals surface area contributed by atoms with E-state index < -0.39 is 0 Å². The Morgan fingerprint density at radius 3 is 3.11 bits per heavy atom. The van der Waals surface area contributed by atoms with Crippen LogP contribution in [-0.2, 0) is 17.8 Å². The zero-order valence-electron chi connectivity index (χ0n) is 10.9. The van der Waals surface area contributed by atoms with Crippen LogP contribution >= 0.6 is 11.3 Å². The molecule has 2 heterocycles. The van der Waals surface area contributed by atoms with Gasteiger partial charge in [0.2, 0.25) is 5.91 Å². The Bertz CT molecular complexity index is 570. The predicted octanol–water partition coefficient (Wildman–Crippen LogP) is 2.84. The fraction of sp³-hybridized carbons (Fsp3) is 0.429. The number of thiophene rings is 1. The number of aryl methyl sites for hydroxylation is 1. The Morgan fingerprint density at radius 2 is 2.42 bits per heavy atom. The third-order valence-electron chi connectivity index (χ3n) is 3.32. The van der Waals surface area contributed by atoms with Gasteiger partial charge >= 0.3 is 0 Å². The van der Waals surface area contributed by atoms with Crippen molar-refractivity contribution in [2.75, 3.05) is 5.32 Å². The molecule has 19 heavy (non-hydrogen) atoms. The monoisotopic (exact) mass is 275 g/mol. The lowest BCUT2D eigenvalue weighted by molar-refractivity contribution is -0.115. The van der Waals surface area contributed by atoms with Gasteiger partial charge in [-0.2, -0.15) is 5.10 Å². The van der Waals surface area contributed by atoms with Crippen LogP contribution in [0.3, 0.4) is 0 Å². The number of carbonyl (C=O) groups excluding carboxylic acids is 1. The van der Waals surface area contributed by atoms with Crippen molar-refractivity contribution in [1.82, 2.24) is 9.78 Å². The Kier molecular flexibility index (Phi) is 3.38. The van der Waals surface area contributed by atoms with Gasteiger partial charge < -0.3 is 5.32 Å². The molecule has 0 spiro atoms. The minimum atomic E-state index is 0.0306. The summed E-state index contributed by atoms with van der Waals surface area (Å²) in [5, 5.41) is 9.34. The number of rotatable bonds is 5. The number of amides is 1. The maximum atomic E-state index is 12.0. The molecule has 1 amide bonds. The number of anilines is 1. The van der Waals surface area contributed by atoms with E-state index in [-0.39, 0.29) is 5.91 Å². The van der Waals surface area contributed by atoms with E-state index in [9.17, 15) is 4.79 Å². The van der Waals surface area contributed by atoms with Crippen LogP contribution in [0.25, 0.3) is 0 Å². The third kappa shape index (κ3) is 3.04. The van der Waals surface area contributed by atoms with Crippen LogP contribution < -0.4 is 5.32 Å². The molecule has 1 aliphatic rings. The van der Waals surface area contributed by atoms with E-state index in [0.29, 0.717) is 6.42 Å². The molecule has 3 rings (SSSR count). The van der Waals surface area contributed by atoms with Crippen molar-refractivity contribution in [3.05, 3.63) is 34.2 Å². The number of aromatic nitrogens is 2. The van der Waals surface area contributed by atoms with E-state index in [4.69, 9.17) is 0 Å². The van der Waals surface area contributed by atoms with E-state index >= 15 is 0 Å². The second-order valence-corrected chi connectivity index (χ2v) is 6.14. The van der Waals surface area contributed by atoms with Crippen LogP contribution in [0.5, 0.6) is 0 Å². The summed E-state index contributed by atoms with van der Waals surface area (Å²) in [5.41, 5.74) is 1.03. The largest absolute Gasteiger partial charge is 0.310 e. The molecule has 0 saturated heterocycles. The van der Waals surface area contributed by atoms with Crippen LogP contribution in [-0.4, -0.2) is 15.7 Å². The van der Waals surface area contributed by atoms with Crippen LogP contribution in [0.15, 0.2) is 23.7 Å². The minimum Gasteiger partial charge on any atom is -0.310 e. The normalized spacial score (nSPS) is 14.6. The van der Waals surface area contributed by atoms with Crippen LogP contribution in [0.1, 0.15) is 23.3 Å². The Hall–Kier alpha value is -1.62. The molecule has 1 saturated carbocycles. The van der Waals surface area contributed by atoms with Gasteiger partial charge in [-0.25, -0.2) is 4.68 Å². The highest BCUT2D eigenvalue weighted by Gasteiger charge is 2.24. The molecule has 2 aromatic heterocycles. The average molecular weight is 275 g/mol. The average Bonchev–Trinajstić information content (AvgIpc) is 2.94. The first-order valence-corrected chi connectivity index (χ1v) is 7.45. The second kappa shape index (κ2) is 5.17. The zero-order chi connectivity index (χ0) is 13.2. The summed E-state index contributed by atoms with van der Waals surface area (Å²) < 4.78 is 1.93. The Labute approximate surface area is 116 Å². The van der Waals surface area contributed by atoms with Gasteiger partial charge in [-0.3, -0.25) is 4.79 Å². The summed E-state index contributed by atoms with van der Waals surface area (Å²) in [6.07, 6.45) is 4.82. The zero-order valence-corrected chi connectivity index (χ0v) is 11.7.